The molecule has 0 aliphatic rings. The molecule has 0 aromatic heterocycles. The zero-order valence-electron chi connectivity index (χ0n) is 9.97. The Labute approximate surface area is 127 Å². The first-order valence-corrected chi connectivity index (χ1v) is 6.66. The van der Waals surface area contributed by atoms with Crippen LogP contribution in [0.15, 0.2) is 46.9 Å². The Hall–Kier alpha value is -1.92. The van der Waals surface area contributed by atoms with Crippen LogP contribution in [0.25, 0.3) is 0 Å². The number of amides is 1. The second kappa shape index (κ2) is 6.02. The van der Waals surface area contributed by atoms with Crippen LogP contribution in [0.1, 0.15) is 10.4 Å². The fourth-order valence-corrected chi connectivity index (χ4v) is 2.24. The fourth-order valence-electron chi connectivity index (χ4n) is 1.55. The van der Waals surface area contributed by atoms with E-state index in [1.165, 1.54) is 18.2 Å². The highest BCUT2D eigenvalue weighted by molar-refractivity contribution is 9.10. The third-order valence-corrected chi connectivity index (χ3v) is 3.52. The predicted molar refractivity (Wildman–Crippen MR) is 80.2 cm³/mol. The molecule has 1 N–H and O–H groups in total. The van der Waals surface area contributed by atoms with Gasteiger partial charge in [0.05, 0.1) is 21.2 Å². The molecule has 2 aromatic rings. The van der Waals surface area contributed by atoms with E-state index in [9.17, 15) is 14.9 Å². The molecule has 0 radical (unpaired) electrons. The molecule has 0 unspecified atom stereocenters. The summed E-state index contributed by atoms with van der Waals surface area (Å²) < 4.78 is 0.423. The molecular formula is C13H8BrClN2O3. The SMILES string of the molecule is O=C(Nc1ccc([N+](=O)[O-])cc1Br)c1ccccc1Cl. The molecule has 7 heteroatoms. The van der Waals surface area contributed by atoms with Gasteiger partial charge in [0.25, 0.3) is 11.6 Å². The van der Waals surface area contributed by atoms with Crippen molar-refractivity contribution >= 4 is 44.8 Å². The monoisotopic (exact) mass is 354 g/mol. The van der Waals surface area contributed by atoms with E-state index in [-0.39, 0.29) is 11.6 Å². The van der Waals surface area contributed by atoms with Crippen LogP contribution in [-0.4, -0.2) is 10.8 Å². The van der Waals surface area contributed by atoms with Crippen molar-refractivity contribution in [3.05, 3.63) is 67.6 Å². The summed E-state index contributed by atoms with van der Waals surface area (Å²) in [6, 6.07) is 10.7. The number of non-ortho nitro benzene ring substituents is 1. The number of hydrogen-bond acceptors (Lipinski definition) is 3. The van der Waals surface area contributed by atoms with Gasteiger partial charge in [-0.2, -0.15) is 0 Å². The Bertz CT molecular complexity index is 691. The highest BCUT2D eigenvalue weighted by Gasteiger charge is 2.13. The molecule has 0 atom stereocenters. The number of nitro groups is 1. The highest BCUT2D eigenvalue weighted by Crippen LogP contribution is 2.28. The molecule has 0 bridgehead atoms. The van der Waals surface area contributed by atoms with Crippen molar-refractivity contribution in [3.63, 3.8) is 0 Å². The van der Waals surface area contributed by atoms with E-state index in [2.05, 4.69) is 21.2 Å². The van der Waals surface area contributed by atoms with Crippen LogP contribution in [0.4, 0.5) is 11.4 Å². The summed E-state index contributed by atoms with van der Waals surface area (Å²) in [5, 5.41) is 13.6. The van der Waals surface area contributed by atoms with Crippen molar-refractivity contribution in [2.75, 3.05) is 5.32 Å². The van der Waals surface area contributed by atoms with Gasteiger partial charge in [0.2, 0.25) is 0 Å². The number of rotatable bonds is 3. The van der Waals surface area contributed by atoms with Gasteiger partial charge in [-0.1, -0.05) is 23.7 Å². The van der Waals surface area contributed by atoms with Crippen molar-refractivity contribution in [1.82, 2.24) is 0 Å². The maximum atomic E-state index is 12.1. The quantitative estimate of drug-likeness (QED) is 0.660. The topological polar surface area (TPSA) is 72.2 Å². The number of nitro benzene ring substituents is 1. The third kappa shape index (κ3) is 3.15. The Kier molecular flexibility index (Phi) is 4.36. The van der Waals surface area contributed by atoms with E-state index >= 15 is 0 Å². The van der Waals surface area contributed by atoms with Crippen molar-refractivity contribution < 1.29 is 9.72 Å². The molecule has 20 heavy (non-hydrogen) atoms. The van der Waals surface area contributed by atoms with Crippen LogP contribution in [0.2, 0.25) is 5.02 Å². The number of nitrogens with zero attached hydrogens (tertiary/aromatic N) is 1. The zero-order valence-corrected chi connectivity index (χ0v) is 12.3. The van der Waals surface area contributed by atoms with Crippen molar-refractivity contribution in [2.24, 2.45) is 0 Å². The van der Waals surface area contributed by atoms with Gasteiger partial charge in [0, 0.05) is 16.6 Å². The molecule has 2 aromatic carbocycles. The number of halogens is 2. The molecular weight excluding hydrogens is 348 g/mol. The Morgan fingerprint density at radius 2 is 1.95 bits per heavy atom. The van der Waals surface area contributed by atoms with Gasteiger partial charge in [-0.3, -0.25) is 14.9 Å². The van der Waals surface area contributed by atoms with E-state index in [1.807, 2.05) is 0 Å². The molecule has 0 aliphatic carbocycles. The van der Waals surface area contributed by atoms with Gasteiger partial charge in [-0.25, -0.2) is 0 Å². The summed E-state index contributed by atoms with van der Waals surface area (Å²) >= 11 is 9.11. The van der Waals surface area contributed by atoms with Crippen molar-refractivity contribution in [3.8, 4) is 0 Å². The number of hydrogen-bond donors (Lipinski definition) is 1. The minimum Gasteiger partial charge on any atom is -0.321 e. The Morgan fingerprint density at radius 3 is 2.55 bits per heavy atom. The number of carbonyl (C=O) groups is 1. The molecule has 0 heterocycles. The van der Waals surface area contributed by atoms with Crippen LogP contribution >= 0.6 is 27.5 Å². The van der Waals surface area contributed by atoms with Crippen LogP contribution in [0.5, 0.6) is 0 Å². The van der Waals surface area contributed by atoms with Gasteiger partial charge < -0.3 is 5.32 Å². The van der Waals surface area contributed by atoms with E-state index < -0.39 is 4.92 Å². The fraction of sp³-hybridized carbons (Fsp3) is 0. The van der Waals surface area contributed by atoms with Crippen molar-refractivity contribution in [1.29, 1.82) is 0 Å². The summed E-state index contributed by atoms with van der Waals surface area (Å²) in [5.74, 6) is -0.384. The first-order valence-electron chi connectivity index (χ1n) is 5.49. The van der Waals surface area contributed by atoms with Crippen LogP contribution in [-0.2, 0) is 0 Å². The molecule has 0 saturated carbocycles. The second-order valence-corrected chi connectivity index (χ2v) is 5.12. The van der Waals surface area contributed by atoms with Gasteiger partial charge in [-0.05, 0) is 34.1 Å². The number of nitrogens with one attached hydrogen (secondary N) is 1. The smallest absolute Gasteiger partial charge is 0.270 e. The summed E-state index contributed by atoms with van der Waals surface area (Å²) in [5.41, 5.74) is 0.701. The summed E-state index contributed by atoms with van der Waals surface area (Å²) in [6.45, 7) is 0. The summed E-state index contributed by atoms with van der Waals surface area (Å²) in [7, 11) is 0. The maximum absolute atomic E-state index is 12.1. The average molecular weight is 356 g/mol. The van der Waals surface area contributed by atoms with Gasteiger partial charge in [0.15, 0.2) is 0 Å². The lowest BCUT2D eigenvalue weighted by molar-refractivity contribution is -0.384. The van der Waals surface area contributed by atoms with E-state index in [0.717, 1.165) is 0 Å². The van der Waals surface area contributed by atoms with Gasteiger partial charge in [0.1, 0.15) is 0 Å². The molecule has 2 rings (SSSR count). The first-order chi connectivity index (χ1) is 9.49. The minimum atomic E-state index is -0.509. The molecule has 5 nitrogen and oxygen atoms in total. The summed E-state index contributed by atoms with van der Waals surface area (Å²) in [6.07, 6.45) is 0. The number of carbonyl (C=O) groups excluding carboxylic acids is 1. The molecule has 0 saturated heterocycles. The maximum Gasteiger partial charge on any atom is 0.270 e. The van der Waals surface area contributed by atoms with Crippen LogP contribution < -0.4 is 5.32 Å². The minimum absolute atomic E-state index is 0.0624. The first kappa shape index (κ1) is 14.5. The van der Waals surface area contributed by atoms with Gasteiger partial charge >= 0.3 is 0 Å². The number of benzene rings is 2. The van der Waals surface area contributed by atoms with Crippen molar-refractivity contribution in [2.45, 2.75) is 0 Å². The zero-order chi connectivity index (χ0) is 14.7. The Balaban J connectivity index is 2.25. The van der Waals surface area contributed by atoms with Gasteiger partial charge in [-0.15, -0.1) is 0 Å². The predicted octanol–water partition coefficient (Wildman–Crippen LogP) is 4.26. The van der Waals surface area contributed by atoms with E-state index in [0.29, 0.717) is 20.7 Å². The normalized spacial score (nSPS) is 10.1. The number of anilines is 1. The molecule has 1 amide bonds. The third-order valence-electron chi connectivity index (χ3n) is 2.53. The largest absolute Gasteiger partial charge is 0.321 e. The average Bonchev–Trinajstić information content (AvgIpc) is 2.41. The molecule has 0 aliphatic heterocycles. The lowest BCUT2D eigenvalue weighted by Gasteiger charge is -2.08. The molecule has 102 valence electrons. The standard InChI is InChI=1S/C13H8BrClN2O3/c14-10-7-8(17(19)20)5-6-12(10)16-13(18)9-3-1-2-4-11(9)15/h1-7H,(H,16,18). The molecule has 0 spiro atoms. The highest BCUT2D eigenvalue weighted by atomic mass is 79.9. The Morgan fingerprint density at radius 1 is 1.25 bits per heavy atom. The van der Waals surface area contributed by atoms with E-state index in [1.54, 1.807) is 24.3 Å². The molecule has 0 fully saturated rings. The lowest BCUT2D eigenvalue weighted by Crippen LogP contribution is -2.12. The van der Waals surface area contributed by atoms with Crippen LogP contribution in [0.3, 0.4) is 0 Å². The lowest BCUT2D eigenvalue weighted by atomic mass is 10.2. The second-order valence-electron chi connectivity index (χ2n) is 3.86. The van der Waals surface area contributed by atoms with Crippen LogP contribution in [0, 0.1) is 10.1 Å². The summed E-state index contributed by atoms with van der Waals surface area (Å²) in [4.78, 5) is 22.2. The van der Waals surface area contributed by atoms with E-state index in [4.69, 9.17) is 11.6 Å².